The summed E-state index contributed by atoms with van der Waals surface area (Å²) in [5.41, 5.74) is 0.990. The van der Waals surface area contributed by atoms with Gasteiger partial charge in [0.25, 0.3) is 5.91 Å². The monoisotopic (exact) mass is 389 g/mol. The Hall–Kier alpha value is -2.90. The van der Waals surface area contributed by atoms with Gasteiger partial charge in [-0.1, -0.05) is 30.3 Å². The minimum Gasteiger partial charge on any atom is -0.455 e. The van der Waals surface area contributed by atoms with Crippen molar-refractivity contribution in [2.45, 2.75) is 39.3 Å². The average Bonchev–Trinajstić information content (AvgIpc) is 3.05. The Morgan fingerprint density at radius 1 is 1.14 bits per heavy atom. The lowest BCUT2D eigenvalue weighted by molar-refractivity contribution is -0.152. The second-order valence-electron chi connectivity index (χ2n) is 7.14. The number of esters is 1. The SMILES string of the molecule is CC(C)NC(=O)CNC(=O)COC(=O)[C@@H]1CC(=O)N([C@H](C)c2ccccc2)C1. The zero-order chi connectivity index (χ0) is 20.7. The van der Waals surface area contributed by atoms with Gasteiger partial charge in [-0.3, -0.25) is 19.2 Å². The third-order valence-corrected chi connectivity index (χ3v) is 4.48. The normalized spacial score (nSPS) is 17.4. The first-order valence-electron chi connectivity index (χ1n) is 9.35. The summed E-state index contributed by atoms with van der Waals surface area (Å²) in [7, 11) is 0. The van der Waals surface area contributed by atoms with E-state index in [1.54, 1.807) is 4.90 Å². The van der Waals surface area contributed by atoms with Crippen molar-refractivity contribution in [2.75, 3.05) is 19.7 Å². The molecule has 0 unspecified atom stereocenters. The van der Waals surface area contributed by atoms with E-state index in [0.29, 0.717) is 0 Å². The molecule has 1 aliphatic heterocycles. The van der Waals surface area contributed by atoms with Crippen molar-refractivity contribution in [1.82, 2.24) is 15.5 Å². The topological polar surface area (TPSA) is 105 Å². The van der Waals surface area contributed by atoms with E-state index < -0.39 is 24.4 Å². The lowest BCUT2D eigenvalue weighted by Crippen LogP contribution is -2.41. The largest absolute Gasteiger partial charge is 0.455 e. The summed E-state index contributed by atoms with van der Waals surface area (Å²) in [6, 6.07) is 9.40. The molecule has 0 saturated carbocycles. The number of amides is 3. The Morgan fingerprint density at radius 2 is 1.82 bits per heavy atom. The van der Waals surface area contributed by atoms with Gasteiger partial charge in [-0.15, -0.1) is 0 Å². The minimum absolute atomic E-state index is 0.0247. The summed E-state index contributed by atoms with van der Waals surface area (Å²) < 4.78 is 5.02. The summed E-state index contributed by atoms with van der Waals surface area (Å²) in [5, 5.41) is 5.02. The molecule has 1 aromatic carbocycles. The third-order valence-electron chi connectivity index (χ3n) is 4.48. The number of likely N-dealkylation sites (tertiary alicyclic amines) is 1. The van der Waals surface area contributed by atoms with Gasteiger partial charge < -0.3 is 20.3 Å². The third kappa shape index (κ3) is 6.07. The van der Waals surface area contributed by atoms with Gasteiger partial charge in [0.1, 0.15) is 0 Å². The highest BCUT2D eigenvalue weighted by atomic mass is 16.5. The summed E-state index contributed by atoms with van der Waals surface area (Å²) in [6.07, 6.45) is 0.0639. The van der Waals surface area contributed by atoms with Crippen molar-refractivity contribution in [1.29, 1.82) is 0 Å². The Bertz CT molecular complexity index is 720. The Morgan fingerprint density at radius 3 is 2.46 bits per heavy atom. The van der Waals surface area contributed by atoms with Crippen LogP contribution >= 0.6 is 0 Å². The number of rotatable bonds is 8. The first-order valence-corrected chi connectivity index (χ1v) is 9.35. The van der Waals surface area contributed by atoms with Crippen molar-refractivity contribution in [3.05, 3.63) is 35.9 Å². The summed E-state index contributed by atoms with van der Waals surface area (Å²) >= 11 is 0. The zero-order valence-corrected chi connectivity index (χ0v) is 16.4. The molecule has 0 aromatic heterocycles. The number of nitrogens with one attached hydrogen (secondary N) is 2. The summed E-state index contributed by atoms with van der Waals surface area (Å²) in [4.78, 5) is 49.4. The molecule has 8 nitrogen and oxygen atoms in total. The molecule has 1 aliphatic rings. The standard InChI is InChI=1S/C20H27N3O5/c1-13(2)22-17(24)10-21-18(25)12-28-20(27)16-9-19(26)23(11-16)14(3)15-7-5-4-6-8-15/h4-8,13-14,16H,9-12H2,1-3H3,(H,21,25)(H,22,24)/t14-,16-/m1/s1. The lowest BCUT2D eigenvalue weighted by atomic mass is 10.1. The van der Waals surface area contributed by atoms with Crippen molar-refractivity contribution in [3.63, 3.8) is 0 Å². The molecule has 152 valence electrons. The quantitative estimate of drug-likeness (QED) is 0.640. The Kier molecular flexibility index (Phi) is 7.54. The van der Waals surface area contributed by atoms with Crippen LogP contribution in [0.5, 0.6) is 0 Å². The van der Waals surface area contributed by atoms with Gasteiger partial charge in [0.15, 0.2) is 6.61 Å². The molecule has 1 aromatic rings. The molecule has 1 heterocycles. The highest BCUT2D eigenvalue weighted by Gasteiger charge is 2.38. The fraction of sp³-hybridized carbons (Fsp3) is 0.500. The maximum Gasteiger partial charge on any atom is 0.311 e. The van der Waals surface area contributed by atoms with Crippen LogP contribution in [0.1, 0.15) is 38.8 Å². The molecule has 2 atom stereocenters. The van der Waals surface area contributed by atoms with Crippen LogP contribution in [0.4, 0.5) is 0 Å². The van der Waals surface area contributed by atoms with E-state index in [-0.39, 0.29) is 43.4 Å². The number of hydrogen-bond acceptors (Lipinski definition) is 5. The van der Waals surface area contributed by atoms with Gasteiger partial charge in [-0.05, 0) is 26.3 Å². The van der Waals surface area contributed by atoms with Gasteiger partial charge in [0.05, 0.1) is 18.5 Å². The number of nitrogens with zero attached hydrogens (tertiary/aromatic N) is 1. The number of benzene rings is 1. The van der Waals surface area contributed by atoms with Crippen LogP contribution in [0, 0.1) is 5.92 Å². The summed E-state index contributed by atoms with van der Waals surface area (Å²) in [6.45, 7) is 5.13. The Balaban J connectivity index is 1.78. The van der Waals surface area contributed by atoms with E-state index in [4.69, 9.17) is 4.74 Å². The summed E-state index contributed by atoms with van der Waals surface area (Å²) in [5.74, 6) is -2.19. The van der Waals surface area contributed by atoms with Crippen molar-refractivity contribution >= 4 is 23.7 Å². The zero-order valence-electron chi connectivity index (χ0n) is 16.4. The van der Waals surface area contributed by atoms with E-state index in [0.717, 1.165) is 5.56 Å². The van der Waals surface area contributed by atoms with Gasteiger partial charge in [-0.25, -0.2) is 0 Å². The maximum absolute atomic E-state index is 12.3. The predicted molar refractivity (Wildman–Crippen MR) is 102 cm³/mol. The van der Waals surface area contributed by atoms with Gasteiger partial charge in [0.2, 0.25) is 11.8 Å². The van der Waals surface area contributed by atoms with Crippen LogP contribution in [-0.2, 0) is 23.9 Å². The molecule has 2 rings (SSSR count). The van der Waals surface area contributed by atoms with Crippen molar-refractivity contribution < 1.29 is 23.9 Å². The van der Waals surface area contributed by atoms with Crippen LogP contribution < -0.4 is 10.6 Å². The molecule has 2 N–H and O–H groups in total. The number of hydrogen-bond donors (Lipinski definition) is 2. The molecule has 0 radical (unpaired) electrons. The molecule has 0 bridgehead atoms. The molecule has 1 fully saturated rings. The van der Waals surface area contributed by atoms with E-state index in [2.05, 4.69) is 10.6 Å². The van der Waals surface area contributed by atoms with Crippen LogP contribution in [0.2, 0.25) is 0 Å². The van der Waals surface area contributed by atoms with Crippen LogP contribution in [0.25, 0.3) is 0 Å². The first-order chi connectivity index (χ1) is 13.3. The highest BCUT2D eigenvalue weighted by molar-refractivity contribution is 5.89. The molecule has 28 heavy (non-hydrogen) atoms. The van der Waals surface area contributed by atoms with Gasteiger partial charge in [0, 0.05) is 19.0 Å². The maximum atomic E-state index is 12.3. The van der Waals surface area contributed by atoms with Crippen molar-refractivity contribution in [3.8, 4) is 0 Å². The van der Waals surface area contributed by atoms with E-state index in [9.17, 15) is 19.2 Å². The minimum atomic E-state index is -0.601. The molecular weight excluding hydrogens is 362 g/mol. The van der Waals surface area contributed by atoms with Crippen LogP contribution in [0.15, 0.2) is 30.3 Å². The first kappa shape index (κ1) is 21.4. The fourth-order valence-corrected chi connectivity index (χ4v) is 3.03. The molecular formula is C20H27N3O5. The number of carbonyl (C=O) groups excluding carboxylic acids is 4. The number of ether oxygens (including phenoxy) is 1. The smallest absolute Gasteiger partial charge is 0.311 e. The molecule has 0 spiro atoms. The molecule has 0 aliphatic carbocycles. The second kappa shape index (κ2) is 9.87. The van der Waals surface area contributed by atoms with Crippen molar-refractivity contribution in [2.24, 2.45) is 5.92 Å². The van der Waals surface area contributed by atoms with E-state index >= 15 is 0 Å². The molecule has 1 saturated heterocycles. The lowest BCUT2D eigenvalue weighted by Gasteiger charge is -2.25. The van der Waals surface area contributed by atoms with Gasteiger partial charge >= 0.3 is 5.97 Å². The average molecular weight is 389 g/mol. The van der Waals surface area contributed by atoms with E-state index in [1.807, 2.05) is 51.1 Å². The second-order valence-corrected chi connectivity index (χ2v) is 7.14. The van der Waals surface area contributed by atoms with E-state index in [1.165, 1.54) is 0 Å². The van der Waals surface area contributed by atoms with Crippen LogP contribution in [-0.4, -0.2) is 54.3 Å². The van der Waals surface area contributed by atoms with Crippen LogP contribution in [0.3, 0.4) is 0 Å². The fourth-order valence-electron chi connectivity index (χ4n) is 3.03. The Labute approximate surface area is 164 Å². The highest BCUT2D eigenvalue weighted by Crippen LogP contribution is 2.28. The predicted octanol–water partition coefficient (Wildman–Crippen LogP) is 0.780. The van der Waals surface area contributed by atoms with Gasteiger partial charge in [-0.2, -0.15) is 0 Å². The molecule has 3 amide bonds. The number of carbonyl (C=O) groups is 4. The molecule has 8 heteroatoms.